The lowest BCUT2D eigenvalue weighted by Crippen LogP contribution is -1.99. The van der Waals surface area contributed by atoms with Crippen LogP contribution < -0.4 is 4.74 Å². The Balaban J connectivity index is 2.37. The zero-order chi connectivity index (χ0) is 13.7. The predicted octanol–water partition coefficient (Wildman–Crippen LogP) is 3.34. The molecule has 19 heavy (non-hydrogen) atoms. The van der Waals surface area contributed by atoms with Gasteiger partial charge in [-0.3, -0.25) is 0 Å². The summed E-state index contributed by atoms with van der Waals surface area (Å²) in [6.45, 7) is 2.91. The highest BCUT2D eigenvalue weighted by Gasteiger charge is 2.06. The van der Waals surface area contributed by atoms with Crippen molar-refractivity contribution >= 4 is 11.6 Å². The van der Waals surface area contributed by atoms with Gasteiger partial charge in [0.15, 0.2) is 5.82 Å². The summed E-state index contributed by atoms with van der Waals surface area (Å²) in [7, 11) is 1.60. The molecule has 0 aliphatic carbocycles. The second kappa shape index (κ2) is 6.50. The SMILES string of the molecule is CCOc1cccc(-c2cc(Cl)nc(COC)n2)c1. The highest BCUT2D eigenvalue weighted by molar-refractivity contribution is 6.29. The first-order chi connectivity index (χ1) is 9.22. The topological polar surface area (TPSA) is 44.2 Å². The van der Waals surface area contributed by atoms with Crippen LogP contribution in [0.5, 0.6) is 5.75 Å². The highest BCUT2D eigenvalue weighted by Crippen LogP contribution is 2.24. The van der Waals surface area contributed by atoms with Crippen molar-refractivity contribution < 1.29 is 9.47 Å². The molecule has 5 heteroatoms. The third-order valence-corrected chi connectivity index (χ3v) is 2.65. The van der Waals surface area contributed by atoms with Crippen LogP contribution in [-0.4, -0.2) is 23.7 Å². The molecule has 0 N–H and O–H groups in total. The van der Waals surface area contributed by atoms with E-state index in [1.54, 1.807) is 13.2 Å². The number of ether oxygens (including phenoxy) is 2. The van der Waals surface area contributed by atoms with Crippen LogP contribution in [-0.2, 0) is 11.3 Å². The number of methoxy groups -OCH3 is 1. The number of nitrogens with zero attached hydrogens (tertiary/aromatic N) is 2. The van der Waals surface area contributed by atoms with Gasteiger partial charge in [-0.2, -0.15) is 0 Å². The molecule has 0 saturated heterocycles. The van der Waals surface area contributed by atoms with Crippen molar-refractivity contribution in [2.24, 2.45) is 0 Å². The average Bonchev–Trinajstić information content (AvgIpc) is 2.39. The molecule has 0 amide bonds. The van der Waals surface area contributed by atoms with Crippen molar-refractivity contribution in [3.05, 3.63) is 41.3 Å². The van der Waals surface area contributed by atoms with Gasteiger partial charge in [-0.1, -0.05) is 23.7 Å². The van der Waals surface area contributed by atoms with Gasteiger partial charge in [0.2, 0.25) is 0 Å². The first-order valence-electron chi connectivity index (χ1n) is 5.98. The quantitative estimate of drug-likeness (QED) is 0.787. The summed E-state index contributed by atoms with van der Waals surface area (Å²) in [5.41, 5.74) is 1.70. The van der Waals surface area contributed by atoms with E-state index >= 15 is 0 Å². The molecule has 0 unspecified atom stereocenters. The molecular weight excluding hydrogens is 264 g/mol. The zero-order valence-corrected chi connectivity index (χ0v) is 11.6. The fraction of sp³-hybridized carbons (Fsp3) is 0.286. The van der Waals surface area contributed by atoms with Crippen LogP contribution in [0, 0.1) is 0 Å². The third kappa shape index (κ3) is 3.66. The van der Waals surface area contributed by atoms with Gasteiger partial charge < -0.3 is 9.47 Å². The standard InChI is InChI=1S/C14H15ClN2O2/c1-3-19-11-6-4-5-10(7-11)12-8-13(15)17-14(16-12)9-18-2/h4-8H,3,9H2,1-2H3. The van der Waals surface area contributed by atoms with Gasteiger partial charge in [0.05, 0.1) is 12.3 Å². The molecule has 0 bridgehead atoms. The Morgan fingerprint density at radius 1 is 1.21 bits per heavy atom. The molecule has 0 radical (unpaired) electrons. The summed E-state index contributed by atoms with van der Waals surface area (Å²) in [6, 6.07) is 9.44. The van der Waals surface area contributed by atoms with E-state index in [9.17, 15) is 0 Å². The Bertz CT molecular complexity index is 561. The van der Waals surface area contributed by atoms with E-state index < -0.39 is 0 Å². The molecular formula is C14H15ClN2O2. The summed E-state index contributed by atoms with van der Waals surface area (Å²) in [6.07, 6.45) is 0. The number of hydrogen-bond acceptors (Lipinski definition) is 4. The van der Waals surface area contributed by atoms with E-state index in [0.717, 1.165) is 17.0 Å². The van der Waals surface area contributed by atoms with Crippen molar-refractivity contribution in [1.29, 1.82) is 0 Å². The van der Waals surface area contributed by atoms with Crippen LogP contribution >= 0.6 is 11.6 Å². The minimum absolute atomic E-state index is 0.332. The molecule has 1 heterocycles. The van der Waals surface area contributed by atoms with Crippen LogP contribution in [0.2, 0.25) is 5.15 Å². The lowest BCUT2D eigenvalue weighted by molar-refractivity contribution is 0.178. The maximum atomic E-state index is 6.00. The van der Waals surface area contributed by atoms with Crippen LogP contribution in [0.25, 0.3) is 11.3 Å². The number of benzene rings is 1. The van der Waals surface area contributed by atoms with E-state index in [-0.39, 0.29) is 0 Å². The van der Waals surface area contributed by atoms with Gasteiger partial charge in [0.25, 0.3) is 0 Å². The third-order valence-electron chi connectivity index (χ3n) is 2.46. The minimum atomic E-state index is 0.332. The molecule has 0 fully saturated rings. The van der Waals surface area contributed by atoms with Crippen LogP contribution in [0.15, 0.2) is 30.3 Å². The molecule has 0 aliphatic rings. The molecule has 0 atom stereocenters. The smallest absolute Gasteiger partial charge is 0.156 e. The Morgan fingerprint density at radius 2 is 2.05 bits per heavy atom. The second-order valence-corrected chi connectivity index (χ2v) is 4.27. The van der Waals surface area contributed by atoms with Crippen molar-refractivity contribution in [1.82, 2.24) is 9.97 Å². The van der Waals surface area contributed by atoms with E-state index in [4.69, 9.17) is 21.1 Å². The summed E-state index contributed by atoms with van der Waals surface area (Å²) in [5.74, 6) is 1.37. The zero-order valence-electron chi connectivity index (χ0n) is 10.9. The number of aromatic nitrogens is 2. The lowest BCUT2D eigenvalue weighted by atomic mass is 10.1. The predicted molar refractivity (Wildman–Crippen MR) is 74.4 cm³/mol. The van der Waals surface area contributed by atoms with Crippen LogP contribution in [0.3, 0.4) is 0 Å². The summed E-state index contributed by atoms with van der Waals surface area (Å²) < 4.78 is 10.5. The molecule has 2 rings (SSSR count). The van der Waals surface area contributed by atoms with Gasteiger partial charge in [-0.25, -0.2) is 9.97 Å². The Labute approximate surface area is 117 Å². The second-order valence-electron chi connectivity index (χ2n) is 3.89. The van der Waals surface area contributed by atoms with Crippen LogP contribution in [0.4, 0.5) is 0 Å². The summed E-state index contributed by atoms with van der Waals surface area (Å²) in [4.78, 5) is 8.52. The number of hydrogen-bond donors (Lipinski definition) is 0. The largest absolute Gasteiger partial charge is 0.494 e. The molecule has 100 valence electrons. The lowest BCUT2D eigenvalue weighted by Gasteiger charge is -2.07. The summed E-state index contributed by atoms with van der Waals surface area (Å²) in [5, 5.41) is 0.402. The fourth-order valence-corrected chi connectivity index (χ4v) is 1.92. The maximum Gasteiger partial charge on any atom is 0.156 e. The van der Waals surface area contributed by atoms with Crippen molar-refractivity contribution in [3.63, 3.8) is 0 Å². The van der Waals surface area contributed by atoms with E-state index in [0.29, 0.717) is 24.2 Å². The van der Waals surface area contributed by atoms with Crippen molar-refractivity contribution in [2.75, 3.05) is 13.7 Å². The Kier molecular flexibility index (Phi) is 4.71. The maximum absolute atomic E-state index is 6.00. The van der Waals surface area contributed by atoms with Gasteiger partial charge in [0.1, 0.15) is 17.5 Å². The van der Waals surface area contributed by atoms with E-state index in [2.05, 4.69) is 9.97 Å². The Hall–Kier alpha value is -1.65. The van der Waals surface area contributed by atoms with Crippen molar-refractivity contribution in [3.8, 4) is 17.0 Å². The number of halogens is 1. The monoisotopic (exact) mass is 278 g/mol. The Morgan fingerprint density at radius 3 is 2.79 bits per heavy atom. The molecule has 2 aromatic rings. The van der Waals surface area contributed by atoms with E-state index in [1.165, 1.54) is 0 Å². The van der Waals surface area contributed by atoms with E-state index in [1.807, 2.05) is 31.2 Å². The van der Waals surface area contributed by atoms with Gasteiger partial charge in [-0.15, -0.1) is 0 Å². The fourth-order valence-electron chi connectivity index (χ4n) is 1.72. The number of rotatable bonds is 5. The normalized spacial score (nSPS) is 10.5. The van der Waals surface area contributed by atoms with Crippen LogP contribution in [0.1, 0.15) is 12.7 Å². The average molecular weight is 279 g/mol. The molecule has 0 saturated carbocycles. The summed E-state index contributed by atoms with van der Waals surface area (Å²) >= 11 is 6.00. The first kappa shape index (κ1) is 13.8. The van der Waals surface area contributed by atoms with Crippen molar-refractivity contribution in [2.45, 2.75) is 13.5 Å². The van der Waals surface area contributed by atoms with Gasteiger partial charge >= 0.3 is 0 Å². The molecule has 0 spiro atoms. The highest BCUT2D eigenvalue weighted by atomic mass is 35.5. The van der Waals surface area contributed by atoms with Gasteiger partial charge in [-0.05, 0) is 19.1 Å². The molecule has 4 nitrogen and oxygen atoms in total. The minimum Gasteiger partial charge on any atom is -0.494 e. The first-order valence-corrected chi connectivity index (χ1v) is 6.36. The van der Waals surface area contributed by atoms with Gasteiger partial charge in [0, 0.05) is 18.7 Å². The molecule has 1 aromatic heterocycles. The molecule has 0 aliphatic heterocycles. The molecule has 1 aromatic carbocycles.